The lowest BCUT2D eigenvalue weighted by Crippen LogP contribution is -2.65. The molecule has 0 bridgehead atoms. The third-order valence-corrected chi connectivity index (χ3v) is 2.66. The zero-order valence-corrected chi connectivity index (χ0v) is 9.09. The van der Waals surface area contributed by atoms with Gasteiger partial charge in [0.2, 0.25) is 0 Å². The summed E-state index contributed by atoms with van der Waals surface area (Å²) in [4.78, 5) is 3.91. The standard InChI is InChI=1S/C8H11Cl2N4/c9-7-5-12-6-8(10)14(7)13-3-1-11-2-4-13/h5-6,11H,1-4H2/q+1. The van der Waals surface area contributed by atoms with Crippen molar-refractivity contribution < 1.29 is 4.68 Å². The van der Waals surface area contributed by atoms with Crippen LogP contribution >= 0.6 is 23.2 Å². The minimum Gasteiger partial charge on any atom is -0.313 e. The molecule has 1 aliphatic heterocycles. The summed E-state index contributed by atoms with van der Waals surface area (Å²) in [7, 11) is 0. The van der Waals surface area contributed by atoms with E-state index < -0.39 is 0 Å². The van der Waals surface area contributed by atoms with Crippen molar-refractivity contribution in [3.8, 4) is 0 Å². The number of hydrogen-bond donors (Lipinski definition) is 1. The van der Waals surface area contributed by atoms with E-state index in [4.69, 9.17) is 23.2 Å². The molecule has 1 aliphatic rings. The summed E-state index contributed by atoms with van der Waals surface area (Å²) in [5.74, 6) is 0. The van der Waals surface area contributed by atoms with E-state index in [9.17, 15) is 0 Å². The predicted molar refractivity (Wildman–Crippen MR) is 55.3 cm³/mol. The first-order chi connectivity index (χ1) is 6.79. The van der Waals surface area contributed by atoms with Crippen molar-refractivity contribution in [2.24, 2.45) is 0 Å². The first-order valence-corrected chi connectivity index (χ1v) is 5.21. The molecular formula is C8H11Cl2N4+. The van der Waals surface area contributed by atoms with Gasteiger partial charge in [0, 0.05) is 13.1 Å². The molecule has 2 heterocycles. The number of nitrogens with zero attached hydrogens (tertiary/aromatic N) is 3. The highest BCUT2D eigenvalue weighted by molar-refractivity contribution is 6.30. The summed E-state index contributed by atoms with van der Waals surface area (Å²) < 4.78 is 1.79. The Morgan fingerprint density at radius 2 is 1.79 bits per heavy atom. The minimum absolute atomic E-state index is 0.541. The van der Waals surface area contributed by atoms with Crippen molar-refractivity contribution in [1.82, 2.24) is 10.3 Å². The molecule has 76 valence electrons. The van der Waals surface area contributed by atoms with Gasteiger partial charge in [-0.05, 0) is 27.9 Å². The van der Waals surface area contributed by atoms with Crippen molar-refractivity contribution in [3.63, 3.8) is 0 Å². The van der Waals surface area contributed by atoms with Crippen LogP contribution in [-0.2, 0) is 0 Å². The van der Waals surface area contributed by atoms with Gasteiger partial charge in [-0.1, -0.05) is 0 Å². The summed E-state index contributed by atoms with van der Waals surface area (Å²) in [6, 6.07) is 0. The number of piperazine rings is 1. The monoisotopic (exact) mass is 233 g/mol. The van der Waals surface area contributed by atoms with Crippen LogP contribution < -0.4 is 15.0 Å². The molecule has 0 aliphatic carbocycles. The smallest absolute Gasteiger partial charge is 0.313 e. The molecule has 1 N–H and O–H groups in total. The first-order valence-electron chi connectivity index (χ1n) is 4.46. The largest absolute Gasteiger partial charge is 0.323 e. The van der Waals surface area contributed by atoms with Gasteiger partial charge in [-0.3, -0.25) is 0 Å². The van der Waals surface area contributed by atoms with E-state index in [1.165, 1.54) is 0 Å². The second kappa shape index (κ2) is 4.29. The van der Waals surface area contributed by atoms with E-state index in [0.717, 1.165) is 26.2 Å². The third kappa shape index (κ3) is 1.92. The maximum Gasteiger partial charge on any atom is 0.323 e. The van der Waals surface area contributed by atoms with Crippen LogP contribution in [0.25, 0.3) is 0 Å². The number of rotatable bonds is 1. The minimum atomic E-state index is 0.541. The van der Waals surface area contributed by atoms with E-state index in [0.29, 0.717) is 10.3 Å². The van der Waals surface area contributed by atoms with E-state index in [2.05, 4.69) is 15.3 Å². The molecule has 4 nitrogen and oxygen atoms in total. The van der Waals surface area contributed by atoms with Gasteiger partial charge in [0.15, 0.2) is 0 Å². The van der Waals surface area contributed by atoms with Crippen LogP contribution in [0.3, 0.4) is 0 Å². The lowest BCUT2D eigenvalue weighted by atomic mass is 10.4. The fourth-order valence-electron chi connectivity index (χ4n) is 1.49. The summed E-state index contributed by atoms with van der Waals surface area (Å²) in [5.41, 5.74) is 0. The van der Waals surface area contributed by atoms with Crippen molar-refractivity contribution in [3.05, 3.63) is 22.7 Å². The van der Waals surface area contributed by atoms with Gasteiger partial charge in [0.05, 0.1) is 13.1 Å². The molecule has 2 rings (SSSR count). The highest BCUT2D eigenvalue weighted by Gasteiger charge is 2.24. The molecule has 0 aromatic carbocycles. The molecule has 0 spiro atoms. The Balaban J connectivity index is 2.29. The quantitative estimate of drug-likeness (QED) is 0.705. The fraction of sp³-hybridized carbons (Fsp3) is 0.500. The Kier molecular flexibility index (Phi) is 3.05. The SMILES string of the molecule is Clc1cncc(Cl)[n+]1N1CCNCC1. The van der Waals surface area contributed by atoms with Gasteiger partial charge < -0.3 is 5.32 Å². The summed E-state index contributed by atoms with van der Waals surface area (Å²) in [6.45, 7) is 3.69. The number of aromatic nitrogens is 2. The first kappa shape index (κ1) is 9.96. The molecule has 0 saturated carbocycles. The summed E-state index contributed by atoms with van der Waals surface area (Å²) in [6.07, 6.45) is 3.19. The topological polar surface area (TPSA) is 32.0 Å². The van der Waals surface area contributed by atoms with Crippen LogP contribution in [0.15, 0.2) is 12.4 Å². The van der Waals surface area contributed by atoms with Gasteiger partial charge in [0.25, 0.3) is 0 Å². The molecule has 1 saturated heterocycles. The lowest BCUT2D eigenvalue weighted by molar-refractivity contribution is -0.690. The zero-order valence-electron chi connectivity index (χ0n) is 7.58. The van der Waals surface area contributed by atoms with E-state index in [1.54, 1.807) is 17.1 Å². The van der Waals surface area contributed by atoms with Crippen LogP contribution in [0.2, 0.25) is 10.3 Å². The average Bonchev–Trinajstić information content (AvgIpc) is 2.19. The third-order valence-electron chi connectivity index (χ3n) is 2.14. The number of halogens is 2. The molecule has 0 amide bonds. The van der Waals surface area contributed by atoms with Crippen LogP contribution in [0, 0.1) is 0 Å². The highest BCUT2D eigenvalue weighted by Crippen LogP contribution is 2.06. The van der Waals surface area contributed by atoms with Crippen molar-refractivity contribution in [2.75, 3.05) is 31.2 Å². The maximum atomic E-state index is 6.02. The van der Waals surface area contributed by atoms with Gasteiger partial charge in [0.1, 0.15) is 12.4 Å². The van der Waals surface area contributed by atoms with Crippen molar-refractivity contribution in [1.29, 1.82) is 0 Å². The van der Waals surface area contributed by atoms with Crippen LogP contribution in [0.5, 0.6) is 0 Å². The van der Waals surface area contributed by atoms with E-state index in [1.807, 2.05) is 0 Å². The Hall–Kier alpha value is -0.580. The van der Waals surface area contributed by atoms with E-state index in [-0.39, 0.29) is 0 Å². The maximum absolute atomic E-state index is 6.02. The second-order valence-corrected chi connectivity index (χ2v) is 3.84. The fourth-order valence-corrected chi connectivity index (χ4v) is 2.05. The van der Waals surface area contributed by atoms with Gasteiger partial charge in [-0.25, -0.2) is 4.98 Å². The van der Waals surface area contributed by atoms with Gasteiger partial charge >= 0.3 is 10.3 Å². The Bertz CT molecular complexity index is 305. The molecule has 14 heavy (non-hydrogen) atoms. The molecule has 1 aromatic rings. The average molecular weight is 234 g/mol. The van der Waals surface area contributed by atoms with E-state index >= 15 is 0 Å². The highest BCUT2D eigenvalue weighted by atomic mass is 35.5. The van der Waals surface area contributed by atoms with Crippen molar-refractivity contribution >= 4 is 23.2 Å². The number of nitrogens with one attached hydrogen (secondary N) is 1. The number of hydrogen-bond acceptors (Lipinski definition) is 3. The molecule has 0 radical (unpaired) electrons. The van der Waals surface area contributed by atoms with Crippen molar-refractivity contribution in [2.45, 2.75) is 0 Å². The molecular weight excluding hydrogens is 223 g/mol. The van der Waals surface area contributed by atoms with Crippen LogP contribution in [0.4, 0.5) is 0 Å². The Morgan fingerprint density at radius 1 is 1.21 bits per heavy atom. The van der Waals surface area contributed by atoms with Crippen LogP contribution in [0.1, 0.15) is 0 Å². The van der Waals surface area contributed by atoms with Gasteiger partial charge in [-0.2, -0.15) is 5.01 Å². The van der Waals surface area contributed by atoms with Crippen LogP contribution in [-0.4, -0.2) is 31.2 Å². The molecule has 1 fully saturated rings. The molecule has 0 atom stereocenters. The summed E-state index contributed by atoms with van der Waals surface area (Å²) in [5, 5.41) is 6.45. The lowest BCUT2D eigenvalue weighted by Gasteiger charge is -2.23. The Morgan fingerprint density at radius 3 is 2.36 bits per heavy atom. The normalized spacial score (nSPS) is 17.1. The summed E-state index contributed by atoms with van der Waals surface area (Å²) >= 11 is 12.0. The second-order valence-electron chi connectivity index (χ2n) is 3.07. The Labute approximate surface area is 92.4 Å². The molecule has 6 heteroatoms. The van der Waals surface area contributed by atoms with Gasteiger partial charge in [-0.15, -0.1) is 0 Å². The zero-order chi connectivity index (χ0) is 9.97. The predicted octanol–water partition coefficient (Wildman–Crippen LogP) is 0.217. The molecule has 0 unspecified atom stereocenters. The molecule has 1 aromatic heterocycles.